The average Bonchev–Trinajstić information content (AvgIpc) is 2.91. The molecule has 37 heavy (non-hydrogen) atoms. The minimum atomic E-state index is -0.959. The molecule has 0 aliphatic rings. The second-order valence-electron chi connectivity index (χ2n) is 8.90. The molecule has 0 amide bonds. The molecule has 5 nitrogen and oxygen atoms in total. The number of para-hydroxylation sites is 1. The second kappa shape index (κ2) is 13.0. The summed E-state index contributed by atoms with van der Waals surface area (Å²) in [6.07, 6.45) is 1.65. The number of hydrogen-bond acceptors (Lipinski definition) is 5. The van der Waals surface area contributed by atoms with Crippen molar-refractivity contribution in [1.29, 1.82) is 0 Å². The molecular weight excluding hydrogens is 480 g/mol. The van der Waals surface area contributed by atoms with Crippen molar-refractivity contribution in [2.75, 3.05) is 32.1 Å². The molecule has 0 saturated heterocycles. The smallest absolute Gasteiger partial charge is 0.335 e. The highest BCUT2D eigenvalue weighted by Gasteiger charge is 2.22. The zero-order valence-electron chi connectivity index (χ0n) is 21.2. The first-order valence-corrected chi connectivity index (χ1v) is 13.1. The van der Waals surface area contributed by atoms with Crippen LogP contribution in [0.15, 0.2) is 108 Å². The molecule has 6 heteroatoms. The monoisotopic (exact) mass is 512 g/mol. The molecule has 0 aliphatic heterocycles. The van der Waals surface area contributed by atoms with Crippen LogP contribution in [0.3, 0.4) is 0 Å². The zero-order valence-corrected chi connectivity index (χ0v) is 22.0. The van der Waals surface area contributed by atoms with E-state index >= 15 is 0 Å². The van der Waals surface area contributed by atoms with Crippen molar-refractivity contribution in [1.82, 2.24) is 4.31 Å². The molecule has 0 saturated carbocycles. The van der Waals surface area contributed by atoms with Crippen molar-refractivity contribution in [2.45, 2.75) is 17.7 Å². The summed E-state index contributed by atoms with van der Waals surface area (Å²) < 4.78 is 8.42. The Hall–Kier alpha value is -3.74. The Morgan fingerprint density at radius 3 is 1.78 bits per heavy atom. The van der Waals surface area contributed by atoms with Gasteiger partial charge in [-0.3, -0.25) is 4.31 Å². The molecule has 0 aromatic heterocycles. The van der Waals surface area contributed by atoms with Crippen LogP contribution in [0.1, 0.15) is 21.5 Å². The fourth-order valence-electron chi connectivity index (χ4n) is 4.09. The van der Waals surface area contributed by atoms with Crippen LogP contribution in [0, 0.1) is 0 Å². The molecule has 190 valence electrons. The summed E-state index contributed by atoms with van der Waals surface area (Å²) in [5.74, 6) is 0.411. The Kier molecular flexibility index (Phi) is 9.24. The summed E-state index contributed by atoms with van der Waals surface area (Å²) >= 11 is 1.45. The molecule has 0 atom stereocenters. The summed E-state index contributed by atoms with van der Waals surface area (Å²) in [6, 6.07) is 33.8. The van der Waals surface area contributed by atoms with E-state index in [0.29, 0.717) is 11.5 Å². The maximum Gasteiger partial charge on any atom is 0.335 e. The van der Waals surface area contributed by atoms with Crippen molar-refractivity contribution in [3.63, 3.8) is 0 Å². The third kappa shape index (κ3) is 7.62. The average molecular weight is 513 g/mol. The number of anilines is 1. The van der Waals surface area contributed by atoms with Crippen molar-refractivity contribution in [3.05, 3.63) is 120 Å². The van der Waals surface area contributed by atoms with Gasteiger partial charge in [0.1, 0.15) is 5.75 Å². The van der Waals surface area contributed by atoms with E-state index < -0.39 is 5.97 Å². The normalized spacial score (nSPS) is 10.9. The van der Waals surface area contributed by atoms with Crippen molar-refractivity contribution in [3.8, 4) is 11.5 Å². The zero-order chi connectivity index (χ0) is 26.0. The maximum absolute atomic E-state index is 12.2. The lowest BCUT2D eigenvalue weighted by Crippen LogP contribution is -2.29. The molecular formula is C31H32N2O3S. The first kappa shape index (κ1) is 26.3. The van der Waals surface area contributed by atoms with E-state index in [1.165, 1.54) is 23.1 Å². The fraction of sp³-hybridized carbons (Fsp3) is 0.194. The van der Waals surface area contributed by atoms with Crippen LogP contribution in [0.25, 0.3) is 0 Å². The number of benzene rings is 4. The maximum atomic E-state index is 12.2. The van der Waals surface area contributed by atoms with Gasteiger partial charge in [-0.2, -0.15) is 0 Å². The first-order valence-electron chi connectivity index (χ1n) is 12.3. The van der Waals surface area contributed by atoms with E-state index in [2.05, 4.69) is 29.2 Å². The lowest BCUT2D eigenvalue weighted by atomic mass is 10.1. The van der Waals surface area contributed by atoms with Crippen LogP contribution in [0.2, 0.25) is 0 Å². The molecule has 0 radical (unpaired) electrons. The van der Waals surface area contributed by atoms with E-state index in [1.807, 2.05) is 85.1 Å². The number of carbonyl (C=O) groups is 1. The molecule has 0 fully saturated rings. The largest absolute Gasteiger partial charge is 0.478 e. The van der Waals surface area contributed by atoms with Gasteiger partial charge in [-0.05, 0) is 74.3 Å². The van der Waals surface area contributed by atoms with Crippen molar-refractivity contribution in [2.24, 2.45) is 0 Å². The topological polar surface area (TPSA) is 53.0 Å². The highest BCUT2D eigenvalue weighted by Crippen LogP contribution is 2.43. The summed E-state index contributed by atoms with van der Waals surface area (Å²) in [6.45, 7) is 1.44. The quantitative estimate of drug-likeness (QED) is 0.206. The van der Waals surface area contributed by atoms with Gasteiger partial charge >= 0.3 is 5.97 Å². The van der Waals surface area contributed by atoms with Gasteiger partial charge in [-0.25, -0.2) is 4.79 Å². The highest BCUT2D eigenvalue weighted by molar-refractivity contribution is 7.97. The Bertz CT molecular complexity index is 1240. The predicted molar refractivity (Wildman–Crippen MR) is 152 cm³/mol. The van der Waals surface area contributed by atoms with Gasteiger partial charge in [0, 0.05) is 13.1 Å². The van der Waals surface area contributed by atoms with E-state index in [-0.39, 0.29) is 5.56 Å². The minimum Gasteiger partial charge on any atom is -0.478 e. The molecule has 1 N–H and O–H groups in total. The highest BCUT2D eigenvalue weighted by atomic mass is 32.2. The number of carboxylic acids is 1. The Balaban J connectivity index is 1.78. The van der Waals surface area contributed by atoms with Gasteiger partial charge in [-0.15, -0.1) is 0 Å². The number of nitrogens with zero attached hydrogens (tertiary/aromatic N) is 2. The lowest BCUT2D eigenvalue weighted by molar-refractivity contribution is 0.0696. The fourth-order valence-corrected chi connectivity index (χ4v) is 4.89. The number of rotatable bonds is 12. The number of ether oxygens (including phenoxy) is 1. The van der Waals surface area contributed by atoms with Gasteiger partial charge in [0.2, 0.25) is 0 Å². The van der Waals surface area contributed by atoms with Crippen molar-refractivity contribution < 1.29 is 14.6 Å². The Labute approximate surface area is 223 Å². The molecule has 0 bridgehead atoms. The standard InChI is InChI=1S/C31H32N2O3S/c1-32(2)37-29-23-26(31(34)35)22-28(30(29)36-27-16-10-5-11-17-27)33(20-18-24-12-6-3-7-13-24)21-19-25-14-8-4-9-15-25/h3-17,22-23H,18-21H2,1-2H3,(H,34,35). The first-order chi connectivity index (χ1) is 18.0. The van der Waals surface area contributed by atoms with Crippen LogP contribution < -0.4 is 9.64 Å². The van der Waals surface area contributed by atoms with E-state index in [9.17, 15) is 9.90 Å². The van der Waals surface area contributed by atoms with Crippen LogP contribution in [-0.4, -0.2) is 42.6 Å². The Morgan fingerprint density at radius 1 is 0.784 bits per heavy atom. The molecule has 4 rings (SSSR count). The SMILES string of the molecule is CN(C)Sc1cc(C(=O)O)cc(N(CCc2ccccc2)CCc2ccccc2)c1Oc1ccccc1. The molecule has 0 aliphatic carbocycles. The summed E-state index contributed by atoms with van der Waals surface area (Å²) in [7, 11) is 3.87. The van der Waals surface area contributed by atoms with E-state index in [0.717, 1.165) is 36.5 Å². The summed E-state index contributed by atoms with van der Waals surface area (Å²) in [4.78, 5) is 15.2. The van der Waals surface area contributed by atoms with Crippen LogP contribution in [-0.2, 0) is 12.8 Å². The summed E-state index contributed by atoms with van der Waals surface area (Å²) in [5.41, 5.74) is 3.48. The minimum absolute atomic E-state index is 0.240. The Morgan fingerprint density at radius 2 is 1.30 bits per heavy atom. The summed E-state index contributed by atoms with van der Waals surface area (Å²) in [5, 5.41) is 9.96. The molecule has 0 heterocycles. The predicted octanol–water partition coefficient (Wildman–Crippen LogP) is 7.04. The van der Waals surface area contributed by atoms with Gasteiger partial charge in [0.05, 0.1) is 16.1 Å². The van der Waals surface area contributed by atoms with Crippen LogP contribution in [0.4, 0.5) is 5.69 Å². The molecule has 4 aromatic carbocycles. The third-order valence-corrected chi connectivity index (χ3v) is 6.76. The van der Waals surface area contributed by atoms with Crippen molar-refractivity contribution >= 4 is 23.6 Å². The number of aromatic carboxylic acids is 1. The number of hydrogen-bond donors (Lipinski definition) is 1. The molecule has 0 spiro atoms. The van der Waals surface area contributed by atoms with Gasteiger partial charge in [0.25, 0.3) is 0 Å². The lowest BCUT2D eigenvalue weighted by Gasteiger charge is -2.29. The number of carboxylic acid groups (broad SMARTS) is 1. The molecule has 0 unspecified atom stereocenters. The van der Waals surface area contributed by atoms with Gasteiger partial charge < -0.3 is 14.7 Å². The van der Waals surface area contributed by atoms with E-state index in [1.54, 1.807) is 12.1 Å². The third-order valence-electron chi connectivity index (χ3n) is 5.89. The van der Waals surface area contributed by atoms with Crippen LogP contribution >= 0.6 is 11.9 Å². The van der Waals surface area contributed by atoms with Gasteiger partial charge in [-0.1, -0.05) is 78.9 Å². The second-order valence-corrected chi connectivity index (χ2v) is 10.3. The van der Waals surface area contributed by atoms with E-state index in [4.69, 9.17) is 4.74 Å². The van der Waals surface area contributed by atoms with Gasteiger partial charge in [0.15, 0.2) is 5.75 Å². The molecule has 4 aromatic rings. The van der Waals surface area contributed by atoms with Crippen LogP contribution in [0.5, 0.6) is 11.5 Å².